The van der Waals surface area contributed by atoms with Crippen molar-refractivity contribution in [1.82, 2.24) is 0 Å². The third-order valence-electron chi connectivity index (χ3n) is 1.84. The second-order valence-electron chi connectivity index (χ2n) is 3.23. The molecule has 5 heteroatoms. The largest absolute Gasteiger partial charge is 0.484 e. The molecule has 0 aliphatic heterocycles. The molecule has 82 valence electrons. The first-order valence-corrected chi connectivity index (χ1v) is 4.47. The number of primary amides is 1. The minimum Gasteiger partial charge on any atom is -0.484 e. The van der Waals surface area contributed by atoms with Gasteiger partial charge in [-0.05, 0) is 13.0 Å². The van der Waals surface area contributed by atoms with E-state index in [-0.39, 0.29) is 18.4 Å². The molecular formula is C10H13FN2O2. The molecule has 0 radical (unpaired) electrons. The second-order valence-corrected chi connectivity index (χ2v) is 3.23. The average molecular weight is 212 g/mol. The van der Waals surface area contributed by atoms with Gasteiger partial charge in [0.15, 0.2) is 6.61 Å². The van der Waals surface area contributed by atoms with Gasteiger partial charge in [-0.3, -0.25) is 4.79 Å². The number of halogens is 1. The minimum absolute atomic E-state index is 0.260. The van der Waals surface area contributed by atoms with Gasteiger partial charge in [-0.15, -0.1) is 0 Å². The first kappa shape index (κ1) is 11.5. The van der Waals surface area contributed by atoms with Gasteiger partial charge in [-0.25, -0.2) is 4.39 Å². The molecule has 0 fully saturated rings. The van der Waals surface area contributed by atoms with Crippen molar-refractivity contribution < 1.29 is 13.9 Å². The Morgan fingerprint density at radius 1 is 1.60 bits per heavy atom. The summed E-state index contributed by atoms with van der Waals surface area (Å²) in [7, 11) is 0. The molecule has 0 aliphatic rings. The topological polar surface area (TPSA) is 78.3 Å². The van der Waals surface area contributed by atoms with E-state index in [1.165, 1.54) is 12.1 Å². The summed E-state index contributed by atoms with van der Waals surface area (Å²) in [5.41, 5.74) is 10.8. The molecule has 4 N–H and O–H groups in total. The summed E-state index contributed by atoms with van der Waals surface area (Å²) in [6.07, 6.45) is 0. The maximum Gasteiger partial charge on any atom is 0.255 e. The number of carbonyl (C=O) groups excluding carboxylic acids is 1. The number of ether oxygens (including phenoxy) is 1. The molecule has 15 heavy (non-hydrogen) atoms. The highest BCUT2D eigenvalue weighted by molar-refractivity contribution is 5.75. The van der Waals surface area contributed by atoms with E-state index in [0.717, 1.165) is 0 Å². The Hall–Kier alpha value is -1.62. The third kappa shape index (κ3) is 3.21. The standard InChI is InChI=1S/C10H13FN2O2/c1-6(12)8-3-2-7(4-9(8)11)15-5-10(13)14/h2-4,6H,5,12H2,1H3,(H2,13,14). The number of amides is 1. The van der Waals surface area contributed by atoms with Gasteiger partial charge in [0.05, 0.1) is 0 Å². The highest BCUT2D eigenvalue weighted by Crippen LogP contribution is 2.20. The number of rotatable bonds is 4. The molecular weight excluding hydrogens is 199 g/mol. The maximum atomic E-state index is 13.3. The quantitative estimate of drug-likeness (QED) is 0.771. The fourth-order valence-corrected chi connectivity index (χ4v) is 1.12. The van der Waals surface area contributed by atoms with Crippen molar-refractivity contribution in [2.45, 2.75) is 13.0 Å². The lowest BCUT2D eigenvalue weighted by Crippen LogP contribution is -2.20. The monoisotopic (exact) mass is 212 g/mol. The summed E-state index contributed by atoms with van der Waals surface area (Å²) in [5, 5.41) is 0. The van der Waals surface area contributed by atoms with Crippen LogP contribution in [-0.4, -0.2) is 12.5 Å². The molecule has 1 aromatic carbocycles. The molecule has 0 bridgehead atoms. The van der Waals surface area contributed by atoms with Gasteiger partial charge in [-0.1, -0.05) is 6.07 Å². The van der Waals surface area contributed by atoms with E-state index in [9.17, 15) is 9.18 Å². The lowest BCUT2D eigenvalue weighted by Gasteiger charge is -2.09. The SMILES string of the molecule is CC(N)c1ccc(OCC(N)=O)cc1F. The molecule has 1 aromatic rings. The molecule has 0 saturated carbocycles. The van der Waals surface area contributed by atoms with E-state index >= 15 is 0 Å². The highest BCUT2D eigenvalue weighted by Gasteiger charge is 2.08. The van der Waals surface area contributed by atoms with Crippen molar-refractivity contribution in [1.29, 1.82) is 0 Å². The van der Waals surface area contributed by atoms with Crippen LogP contribution < -0.4 is 16.2 Å². The van der Waals surface area contributed by atoms with Gasteiger partial charge >= 0.3 is 0 Å². The number of carbonyl (C=O) groups is 1. The smallest absolute Gasteiger partial charge is 0.255 e. The van der Waals surface area contributed by atoms with Crippen LogP contribution in [0.25, 0.3) is 0 Å². The Balaban J connectivity index is 2.77. The fourth-order valence-electron chi connectivity index (χ4n) is 1.12. The van der Waals surface area contributed by atoms with Crippen molar-refractivity contribution in [2.75, 3.05) is 6.61 Å². The fraction of sp³-hybridized carbons (Fsp3) is 0.300. The van der Waals surface area contributed by atoms with Crippen molar-refractivity contribution >= 4 is 5.91 Å². The zero-order chi connectivity index (χ0) is 11.4. The van der Waals surface area contributed by atoms with Crippen LogP contribution >= 0.6 is 0 Å². The van der Waals surface area contributed by atoms with Crippen molar-refractivity contribution in [2.24, 2.45) is 11.5 Å². The molecule has 1 unspecified atom stereocenters. The summed E-state index contributed by atoms with van der Waals surface area (Å²) in [6, 6.07) is 3.87. The van der Waals surface area contributed by atoms with Crippen LogP contribution in [-0.2, 0) is 4.79 Å². The van der Waals surface area contributed by atoms with Gasteiger partial charge < -0.3 is 16.2 Å². The van der Waals surface area contributed by atoms with Crippen LogP contribution in [0.3, 0.4) is 0 Å². The number of hydrogen-bond acceptors (Lipinski definition) is 3. The molecule has 0 aliphatic carbocycles. The molecule has 0 saturated heterocycles. The van der Waals surface area contributed by atoms with Gasteiger partial charge in [0.1, 0.15) is 11.6 Å². The predicted octanol–water partition coefficient (Wildman–Crippen LogP) is 0.710. The van der Waals surface area contributed by atoms with Crippen LogP contribution in [0.1, 0.15) is 18.5 Å². The van der Waals surface area contributed by atoms with Gasteiger partial charge in [0, 0.05) is 17.7 Å². The van der Waals surface area contributed by atoms with E-state index in [4.69, 9.17) is 16.2 Å². The van der Waals surface area contributed by atoms with E-state index in [2.05, 4.69) is 0 Å². The molecule has 1 atom stereocenters. The predicted molar refractivity (Wildman–Crippen MR) is 53.7 cm³/mol. The molecule has 1 amide bonds. The summed E-state index contributed by atoms with van der Waals surface area (Å²) in [5.74, 6) is -0.797. The molecule has 0 aromatic heterocycles. The zero-order valence-corrected chi connectivity index (χ0v) is 8.37. The van der Waals surface area contributed by atoms with Gasteiger partial charge in [0.2, 0.25) is 0 Å². The van der Waals surface area contributed by atoms with Crippen LogP contribution in [0.4, 0.5) is 4.39 Å². The molecule has 0 spiro atoms. The Morgan fingerprint density at radius 3 is 2.73 bits per heavy atom. The zero-order valence-electron chi connectivity index (χ0n) is 8.37. The highest BCUT2D eigenvalue weighted by atomic mass is 19.1. The molecule has 1 rings (SSSR count). The van der Waals surface area contributed by atoms with Gasteiger partial charge in [-0.2, -0.15) is 0 Å². The maximum absolute atomic E-state index is 13.3. The molecule has 0 heterocycles. The first-order valence-electron chi connectivity index (χ1n) is 4.47. The first-order chi connectivity index (χ1) is 7.00. The Bertz CT molecular complexity index is 366. The Labute approximate surface area is 87.0 Å². The van der Waals surface area contributed by atoms with Crippen molar-refractivity contribution in [3.05, 3.63) is 29.6 Å². The van der Waals surface area contributed by atoms with Crippen LogP contribution in [0.5, 0.6) is 5.75 Å². The van der Waals surface area contributed by atoms with E-state index in [0.29, 0.717) is 5.56 Å². The van der Waals surface area contributed by atoms with E-state index < -0.39 is 11.7 Å². The van der Waals surface area contributed by atoms with E-state index in [1.807, 2.05) is 0 Å². The lowest BCUT2D eigenvalue weighted by atomic mass is 10.1. The van der Waals surface area contributed by atoms with Crippen LogP contribution in [0.2, 0.25) is 0 Å². The number of nitrogens with two attached hydrogens (primary N) is 2. The minimum atomic E-state index is -0.605. The normalized spacial score (nSPS) is 12.2. The van der Waals surface area contributed by atoms with E-state index in [1.54, 1.807) is 13.0 Å². The summed E-state index contributed by atoms with van der Waals surface area (Å²) in [4.78, 5) is 10.4. The third-order valence-corrected chi connectivity index (χ3v) is 1.84. The second kappa shape index (κ2) is 4.75. The van der Waals surface area contributed by atoms with Gasteiger partial charge in [0.25, 0.3) is 5.91 Å². The number of benzene rings is 1. The number of hydrogen-bond donors (Lipinski definition) is 2. The Morgan fingerprint density at radius 2 is 2.27 bits per heavy atom. The van der Waals surface area contributed by atoms with Crippen molar-refractivity contribution in [3.8, 4) is 5.75 Å². The Kier molecular flexibility index (Phi) is 3.62. The van der Waals surface area contributed by atoms with Crippen molar-refractivity contribution in [3.63, 3.8) is 0 Å². The summed E-state index contributed by atoms with van der Waals surface area (Å²) < 4.78 is 18.3. The summed E-state index contributed by atoms with van der Waals surface area (Å²) in [6.45, 7) is 1.42. The van der Waals surface area contributed by atoms with Crippen LogP contribution in [0.15, 0.2) is 18.2 Å². The van der Waals surface area contributed by atoms with Crippen LogP contribution in [0, 0.1) is 5.82 Å². The summed E-state index contributed by atoms with van der Waals surface area (Å²) >= 11 is 0. The lowest BCUT2D eigenvalue weighted by molar-refractivity contribution is -0.119. The molecule has 4 nitrogen and oxygen atoms in total. The average Bonchev–Trinajstić information content (AvgIpc) is 2.14.